The van der Waals surface area contributed by atoms with Crippen LogP contribution in [0.2, 0.25) is 0 Å². The minimum atomic E-state index is -0.124. The quantitative estimate of drug-likeness (QED) is 0.706. The monoisotopic (exact) mass is 243 g/mol. The summed E-state index contributed by atoms with van der Waals surface area (Å²) < 4.78 is 0. The molecule has 17 heavy (non-hydrogen) atoms. The third-order valence-electron chi connectivity index (χ3n) is 3.20. The standard InChI is InChI=1S/C13H29N3O/c1-9(2)16(10(3)4)8-7-15-13(17)11(5)12(6)14/h9-12H,7-8,14H2,1-6H3,(H,15,17). The summed E-state index contributed by atoms with van der Waals surface area (Å²) in [5, 5.41) is 2.94. The molecular weight excluding hydrogens is 214 g/mol. The van der Waals surface area contributed by atoms with Crippen molar-refractivity contribution in [3.05, 3.63) is 0 Å². The van der Waals surface area contributed by atoms with Gasteiger partial charge >= 0.3 is 0 Å². The minimum Gasteiger partial charge on any atom is -0.355 e. The Hall–Kier alpha value is -0.610. The summed E-state index contributed by atoms with van der Waals surface area (Å²) in [6, 6.07) is 0.900. The zero-order valence-corrected chi connectivity index (χ0v) is 12.2. The van der Waals surface area contributed by atoms with Gasteiger partial charge in [0.1, 0.15) is 0 Å². The molecule has 2 unspecified atom stereocenters. The fourth-order valence-corrected chi connectivity index (χ4v) is 1.82. The van der Waals surface area contributed by atoms with Crippen LogP contribution < -0.4 is 11.1 Å². The summed E-state index contributed by atoms with van der Waals surface area (Å²) in [6.07, 6.45) is 0. The Labute approximate surface area is 106 Å². The first-order chi connectivity index (χ1) is 7.77. The molecule has 0 spiro atoms. The molecular formula is C13H29N3O. The van der Waals surface area contributed by atoms with Crippen molar-refractivity contribution >= 4 is 5.91 Å². The van der Waals surface area contributed by atoms with Crippen molar-refractivity contribution in [2.75, 3.05) is 13.1 Å². The molecule has 0 aliphatic rings. The van der Waals surface area contributed by atoms with Crippen molar-refractivity contribution in [1.82, 2.24) is 10.2 Å². The number of carbonyl (C=O) groups is 1. The van der Waals surface area contributed by atoms with E-state index in [2.05, 4.69) is 37.9 Å². The first kappa shape index (κ1) is 16.4. The summed E-state index contributed by atoms with van der Waals surface area (Å²) >= 11 is 0. The van der Waals surface area contributed by atoms with Crippen molar-refractivity contribution in [3.63, 3.8) is 0 Å². The number of carbonyl (C=O) groups excluding carboxylic acids is 1. The molecule has 0 saturated heterocycles. The topological polar surface area (TPSA) is 58.4 Å². The molecule has 0 aliphatic carbocycles. The van der Waals surface area contributed by atoms with Crippen molar-refractivity contribution in [1.29, 1.82) is 0 Å². The molecule has 0 rings (SSSR count). The van der Waals surface area contributed by atoms with Crippen LogP contribution in [0.1, 0.15) is 41.5 Å². The molecule has 102 valence electrons. The van der Waals surface area contributed by atoms with Crippen LogP contribution in [0.25, 0.3) is 0 Å². The maximum atomic E-state index is 11.7. The molecule has 4 heteroatoms. The van der Waals surface area contributed by atoms with Crippen LogP contribution in [-0.4, -0.2) is 42.0 Å². The number of rotatable bonds is 7. The van der Waals surface area contributed by atoms with Gasteiger partial charge in [-0.15, -0.1) is 0 Å². The third kappa shape index (κ3) is 6.03. The number of hydrogen-bond donors (Lipinski definition) is 2. The highest BCUT2D eigenvalue weighted by molar-refractivity contribution is 5.78. The smallest absolute Gasteiger partial charge is 0.224 e. The molecule has 3 N–H and O–H groups in total. The Bertz CT molecular complexity index is 219. The maximum absolute atomic E-state index is 11.7. The van der Waals surface area contributed by atoms with Gasteiger partial charge in [0.2, 0.25) is 5.91 Å². The fraction of sp³-hybridized carbons (Fsp3) is 0.923. The van der Waals surface area contributed by atoms with Crippen molar-refractivity contribution in [2.24, 2.45) is 11.7 Å². The Morgan fingerprint density at radius 3 is 1.94 bits per heavy atom. The second-order valence-electron chi connectivity index (χ2n) is 5.36. The van der Waals surface area contributed by atoms with E-state index in [4.69, 9.17) is 5.73 Å². The van der Waals surface area contributed by atoms with Gasteiger partial charge in [0.15, 0.2) is 0 Å². The van der Waals surface area contributed by atoms with E-state index >= 15 is 0 Å². The van der Waals surface area contributed by atoms with Crippen LogP contribution in [0.4, 0.5) is 0 Å². The van der Waals surface area contributed by atoms with Gasteiger partial charge in [0.25, 0.3) is 0 Å². The highest BCUT2D eigenvalue weighted by Crippen LogP contribution is 2.04. The number of amides is 1. The predicted molar refractivity (Wildman–Crippen MR) is 72.8 cm³/mol. The van der Waals surface area contributed by atoms with Gasteiger partial charge in [-0.1, -0.05) is 6.92 Å². The van der Waals surface area contributed by atoms with Crippen molar-refractivity contribution in [2.45, 2.75) is 59.7 Å². The number of nitrogens with one attached hydrogen (secondary N) is 1. The van der Waals surface area contributed by atoms with Crippen LogP contribution >= 0.6 is 0 Å². The number of nitrogens with zero attached hydrogens (tertiary/aromatic N) is 1. The van der Waals surface area contributed by atoms with Gasteiger partial charge in [0, 0.05) is 37.1 Å². The van der Waals surface area contributed by atoms with Gasteiger partial charge in [0.05, 0.1) is 0 Å². The van der Waals surface area contributed by atoms with Crippen molar-refractivity contribution < 1.29 is 4.79 Å². The molecule has 0 aromatic carbocycles. The predicted octanol–water partition coefficient (Wildman–Crippen LogP) is 1.20. The zero-order chi connectivity index (χ0) is 13.6. The van der Waals surface area contributed by atoms with Gasteiger partial charge < -0.3 is 11.1 Å². The van der Waals surface area contributed by atoms with Crippen LogP contribution in [0.3, 0.4) is 0 Å². The number of hydrogen-bond acceptors (Lipinski definition) is 3. The molecule has 0 bridgehead atoms. The molecule has 0 aromatic heterocycles. The molecule has 0 heterocycles. The van der Waals surface area contributed by atoms with E-state index in [-0.39, 0.29) is 17.9 Å². The molecule has 0 fully saturated rings. The lowest BCUT2D eigenvalue weighted by molar-refractivity contribution is -0.125. The molecule has 0 aromatic rings. The second-order valence-corrected chi connectivity index (χ2v) is 5.36. The van der Waals surface area contributed by atoms with Gasteiger partial charge in [-0.2, -0.15) is 0 Å². The maximum Gasteiger partial charge on any atom is 0.224 e. The van der Waals surface area contributed by atoms with E-state index in [0.717, 1.165) is 6.54 Å². The molecule has 1 amide bonds. The Kier molecular flexibility index (Phi) is 7.39. The van der Waals surface area contributed by atoms with E-state index in [0.29, 0.717) is 18.6 Å². The van der Waals surface area contributed by atoms with E-state index in [1.165, 1.54) is 0 Å². The first-order valence-corrected chi connectivity index (χ1v) is 6.56. The first-order valence-electron chi connectivity index (χ1n) is 6.56. The lowest BCUT2D eigenvalue weighted by atomic mass is 10.0. The van der Waals surface area contributed by atoms with Crippen LogP contribution in [0, 0.1) is 5.92 Å². The largest absolute Gasteiger partial charge is 0.355 e. The lowest BCUT2D eigenvalue weighted by Gasteiger charge is -2.30. The Balaban J connectivity index is 4.01. The van der Waals surface area contributed by atoms with Crippen LogP contribution in [0.15, 0.2) is 0 Å². The molecule has 0 saturated carbocycles. The van der Waals surface area contributed by atoms with Crippen LogP contribution in [0.5, 0.6) is 0 Å². The highest BCUT2D eigenvalue weighted by atomic mass is 16.1. The Morgan fingerprint density at radius 1 is 1.12 bits per heavy atom. The average Bonchev–Trinajstić information content (AvgIpc) is 2.21. The van der Waals surface area contributed by atoms with E-state index in [1.807, 2.05) is 13.8 Å². The van der Waals surface area contributed by atoms with Crippen LogP contribution in [-0.2, 0) is 4.79 Å². The number of nitrogens with two attached hydrogens (primary N) is 1. The molecule has 0 radical (unpaired) electrons. The van der Waals surface area contributed by atoms with Gasteiger partial charge in [-0.3, -0.25) is 9.69 Å². The SMILES string of the molecule is CC(N)C(C)C(=O)NCCN(C(C)C)C(C)C. The normalized spacial score (nSPS) is 15.4. The van der Waals surface area contributed by atoms with E-state index in [1.54, 1.807) is 0 Å². The zero-order valence-electron chi connectivity index (χ0n) is 12.2. The molecule has 2 atom stereocenters. The van der Waals surface area contributed by atoms with E-state index < -0.39 is 0 Å². The van der Waals surface area contributed by atoms with Gasteiger partial charge in [-0.05, 0) is 34.6 Å². The Morgan fingerprint density at radius 2 is 1.59 bits per heavy atom. The van der Waals surface area contributed by atoms with Gasteiger partial charge in [-0.25, -0.2) is 0 Å². The van der Waals surface area contributed by atoms with Crippen molar-refractivity contribution in [3.8, 4) is 0 Å². The summed E-state index contributed by atoms with van der Waals surface area (Å²) in [5.74, 6) is -0.0750. The molecule has 0 aliphatic heterocycles. The van der Waals surface area contributed by atoms with E-state index in [9.17, 15) is 4.79 Å². The summed E-state index contributed by atoms with van der Waals surface area (Å²) in [6.45, 7) is 14.0. The third-order valence-corrected chi connectivity index (χ3v) is 3.20. The average molecular weight is 243 g/mol. The highest BCUT2D eigenvalue weighted by Gasteiger charge is 2.17. The summed E-state index contributed by atoms with van der Waals surface area (Å²) in [4.78, 5) is 14.1. The summed E-state index contributed by atoms with van der Waals surface area (Å²) in [5.41, 5.74) is 5.69. The summed E-state index contributed by atoms with van der Waals surface area (Å²) in [7, 11) is 0. The molecule has 4 nitrogen and oxygen atoms in total. The second kappa shape index (κ2) is 7.67. The fourth-order valence-electron chi connectivity index (χ4n) is 1.82. The minimum absolute atomic E-state index is 0.0486. The lowest BCUT2D eigenvalue weighted by Crippen LogP contribution is -2.45.